The molecular formula is C21H26N6OS. The molecule has 0 unspecified atom stereocenters. The van der Waals surface area contributed by atoms with Crippen LogP contribution >= 0.6 is 11.3 Å². The fourth-order valence-corrected chi connectivity index (χ4v) is 5.23. The quantitative estimate of drug-likeness (QED) is 0.657. The second kappa shape index (κ2) is 7.84. The van der Waals surface area contributed by atoms with E-state index in [9.17, 15) is 4.79 Å². The van der Waals surface area contributed by atoms with Gasteiger partial charge in [-0.15, -0.1) is 11.3 Å². The molecule has 0 aromatic carbocycles. The van der Waals surface area contributed by atoms with Gasteiger partial charge in [0.15, 0.2) is 0 Å². The Kier molecular flexibility index (Phi) is 5.05. The van der Waals surface area contributed by atoms with Crippen molar-refractivity contribution in [3.05, 3.63) is 45.2 Å². The highest BCUT2D eigenvalue weighted by Crippen LogP contribution is 2.27. The second-order valence-corrected chi connectivity index (χ2v) is 8.82. The smallest absolute Gasteiger partial charge is 0.256 e. The van der Waals surface area contributed by atoms with E-state index in [1.807, 2.05) is 11.5 Å². The molecule has 7 nitrogen and oxygen atoms in total. The molecule has 1 fully saturated rings. The number of hydrogen-bond donors (Lipinski definition) is 0. The van der Waals surface area contributed by atoms with Crippen molar-refractivity contribution < 1.29 is 0 Å². The molecule has 1 saturated heterocycles. The Morgan fingerprint density at radius 3 is 2.83 bits per heavy atom. The summed E-state index contributed by atoms with van der Waals surface area (Å²) >= 11 is 1.66. The first kappa shape index (κ1) is 18.7. The van der Waals surface area contributed by atoms with Crippen molar-refractivity contribution >= 4 is 27.4 Å². The van der Waals surface area contributed by atoms with Crippen molar-refractivity contribution in [3.63, 3.8) is 0 Å². The van der Waals surface area contributed by atoms with E-state index in [1.165, 1.54) is 0 Å². The molecule has 3 aromatic heterocycles. The minimum atomic E-state index is 0.187. The second-order valence-electron chi connectivity index (χ2n) is 7.92. The maximum absolute atomic E-state index is 12.9. The summed E-state index contributed by atoms with van der Waals surface area (Å²) < 4.78 is 1.91. The van der Waals surface area contributed by atoms with Crippen LogP contribution in [0.25, 0.3) is 10.2 Å². The van der Waals surface area contributed by atoms with E-state index in [4.69, 9.17) is 4.98 Å². The van der Waals surface area contributed by atoms with Crippen LogP contribution in [0.15, 0.2) is 22.6 Å². The Hall–Kier alpha value is -2.32. The predicted molar refractivity (Wildman–Crippen MR) is 116 cm³/mol. The SMILES string of the molecule is Cc1nc2n(c(=O)c1CCN1CCN(c3ncnc4sccc34)CC1)CCCC2. The summed E-state index contributed by atoms with van der Waals surface area (Å²) in [4.78, 5) is 32.4. The number of fused-ring (bicyclic) bond motifs is 2. The van der Waals surface area contributed by atoms with Gasteiger partial charge in [0.2, 0.25) is 0 Å². The number of hydrogen-bond acceptors (Lipinski definition) is 7. The van der Waals surface area contributed by atoms with Gasteiger partial charge in [0.25, 0.3) is 5.56 Å². The van der Waals surface area contributed by atoms with Crippen LogP contribution in [0.4, 0.5) is 5.82 Å². The van der Waals surface area contributed by atoms with Gasteiger partial charge in [-0.25, -0.2) is 15.0 Å². The summed E-state index contributed by atoms with van der Waals surface area (Å²) in [5.41, 5.74) is 2.00. The average molecular weight is 411 g/mol. The lowest BCUT2D eigenvalue weighted by atomic mass is 10.1. The van der Waals surface area contributed by atoms with E-state index < -0.39 is 0 Å². The van der Waals surface area contributed by atoms with Gasteiger partial charge >= 0.3 is 0 Å². The van der Waals surface area contributed by atoms with E-state index in [0.717, 1.165) is 98.1 Å². The number of aromatic nitrogens is 4. The largest absolute Gasteiger partial charge is 0.353 e. The topological polar surface area (TPSA) is 67.2 Å². The minimum Gasteiger partial charge on any atom is -0.353 e. The number of nitrogens with zero attached hydrogens (tertiary/aromatic N) is 6. The van der Waals surface area contributed by atoms with Gasteiger partial charge in [0.1, 0.15) is 22.8 Å². The van der Waals surface area contributed by atoms with Crippen molar-refractivity contribution in [2.45, 2.75) is 39.2 Å². The van der Waals surface area contributed by atoms with Gasteiger partial charge in [-0.05, 0) is 37.6 Å². The Balaban J connectivity index is 1.24. The van der Waals surface area contributed by atoms with Gasteiger partial charge in [-0.3, -0.25) is 14.3 Å². The van der Waals surface area contributed by atoms with Crippen LogP contribution in [0.2, 0.25) is 0 Å². The molecule has 0 amide bonds. The lowest BCUT2D eigenvalue weighted by molar-refractivity contribution is 0.260. The fraction of sp³-hybridized carbons (Fsp3) is 0.524. The van der Waals surface area contributed by atoms with Crippen molar-refractivity contribution in [1.82, 2.24) is 24.4 Å². The number of aryl methyl sites for hydroxylation is 2. The maximum atomic E-state index is 12.9. The standard InChI is InChI=1S/C21H26N6OS/c1-15-16(21(28)27-7-3-2-4-18(27)24-15)5-8-25-9-11-26(12-10-25)19-17-6-13-29-20(17)23-14-22-19/h6,13-14H,2-5,7-12H2,1H3. The molecule has 0 bridgehead atoms. The van der Waals surface area contributed by atoms with Gasteiger partial charge in [-0.1, -0.05) is 0 Å². The van der Waals surface area contributed by atoms with Crippen molar-refractivity contribution in [1.29, 1.82) is 0 Å². The number of piperazine rings is 1. The summed E-state index contributed by atoms with van der Waals surface area (Å²) in [5.74, 6) is 2.02. The number of rotatable bonds is 4. The first-order valence-electron chi connectivity index (χ1n) is 10.5. The number of thiophene rings is 1. The molecule has 0 radical (unpaired) electrons. The van der Waals surface area contributed by atoms with Crippen molar-refractivity contribution in [2.75, 3.05) is 37.6 Å². The zero-order valence-electron chi connectivity index (χ0n) is 16.8. The highest BCUT2D eigenvalue weighted by molar-refractivity contribution is 7.16. The molecule has 5 heterocycles. The third kappa shape index (κ3) is 3.55. The normalized spacial score (nSPS) is 17.6. The van der Waals surface area contributed by atoms with Crippen LogP contribution in [-0.2, 0) is 19.4 Å². The average Bonchev–Trinajstić information content (AvgIpc) is 3.23. The summed E-state index contributed by atoms with van der Waals surface area (Å²) in [7, 11) is 0. The van der Waals surface area contributed by atoms with Crippen LogP contribution in [0.1, 0.15) is 29.9 Å². The summed E-state index contributed by atoms with van der Waals surface area (Å²) in [6, 6.07) is 2.11. The maximum Gasteiger partial charge on any atom is 0.256 e. The molecule has 0 N–H and O–H groups in total. The van der Waals surface area contributed by atoms with Crippen LogP contribution in [0, 0.1) is 6.92 Å². The first-order valence-corrected chi connectivity index (χ1v) is 11.3. The monoisotopic (exact) mass is 410 g/mol. The third-order valence-corrected chi connectivity index (χ3v) is 6.99. The van der Waals surface area contributed by atoms with Crippen LogP contribution in [-0.4, -0.2) is 57.1 Å². The van der Waals surface area contributed by atoms with Gasteiger partial charge < -0.3 is 4.90 Å². The Bertz CT molecular complexity index is 1080. The zero-order valence-corrected chi connectivity index (χ0v) is 17.6. The van der Waals surface area contributed by atoms with E-state index in [1.54, 1.807) is 17.7 Å². The Labute approximate surface area is 174 Å². The van der Waals surface area contributed by atoms with Crippen molar-refractivity contribution in [2.24, 2.45) is 0 Å². The van der Waals surface area contributed by atoms with E-state index in [-0.39, 0.29) is 5.56 Å². The lowest BCUT2D eigenvalue weighted by Gasteiger charge is -2.35. The minimum absolute atomic E-state index is 0.187. The van der Waals surface area contributed by atoms with E-state index in [0.29, 0.717) is 0 Å². The van der Waals surface area contributed by atoms with Gasteiger partial charge in [-0.2, -0.15) is 0 Å². The van der Waals surface area contributed by atoms with Crippen molar-refractivity contribution in [3.8, 4) is 0 Å². The number of anilines is 1. The van der Waals surface area contributed by atoms with Crippen LogP contribution < -0.4 is 10.5 Å². The predicted octanol–water partition coefficient (Wildman–Crippen LogP) is 2.26. The van der Waals surface area contributed by atoms with Gasteiger partial charge in [0.05, 0.1) is 5.39 Å². The Morgan fingerprint density at radius 2 is 1.97 bits per heavy atom. The fourth-order valence-electron chi connectivity index (χ4n) is 4.50. The molecule has 152 valence electrons. The highest BCUT2D eigenvalue weighted by Gasteiger charge is 2.22. The van der Waals surface area contributed by atoms with E-state index >= 15 is 0 Å². The van der Waals surface area contributed by atoms with Crippen LogP contribution in [0.3, 0.4) is 0 Å². The summed E-state index contributed by atoms with van der Waals surface area (Å²) in [5, 5.41) is 3.22. The highest BCUT2D eigenvalue weighted by atomic mass is 32.1. The van der Waals surface area contributed by atoms with E-state index in [2.05, 4.69) is 31.2 Å². The molecule has 0 spiro atoms. The Morgan fingerprint density at radius 1 is 1.10 bits per heavy atom. The third-order valence-electron chi connectivity index (χ3n) is 6.17. The molecule has 2 aliphatic heterocycles. The first-order chi connectivity index (χ1) is 14.2. The van der Waals surface area contributed by atoms with Crippen LogP contribution in [0.5, 0.6) is 0 Å². The summed E-state index contributed by atoms with van der Waals surface area (Å²) in [6.07, 6.45) is 5.60. The molecule has 2 aliphatic rings. The molecular weight excluding hydrogens is 384 g/mol. The van der Waals surface area contributed by atoms with Gasteiger partial charge in [0, 0.05) is 56.9 Å². The molecule has 0 atom stereocenters. The lowest BCUT2D eigenvalue weighted by Crippen LogP contribution is -2.47. The molecule has 3 aromatic rings. The summed E-state index contributed by atoms with van der Waals surface area (Å²) in [6.45, 7) is 7.57. The molecule has 5 rings (SSSR count). The molecule has 29 heavy (non-hydrogen) atoms. The zero-order chi connectivity index (χ0) is 19.8. The molecule has 0 aliphatic carbocycles. The molecule has 8 heteroatoms. The molecule has 0 saturated carbocycles.